The van der Waals surface area contributed by atoms with Gasteiger partial charge in [0.2, 0.25) is 0 Å². The predicted octanol–water partition coefficient (Wildman–Crippen LogP) is 10.4. The highest BCUT2D eigenvalue weighted by molar-refractivity contribution is 5.96. The number of carboxylic acid groups (broad SMARTS) is 1. The number of carbonyl (C=O) groups excluding carboxylic acids is 4. The summed E-state index contributed by atoms with van der Waals surface area (Å²) in [4.78, 5) is 49.7. The number of rotatable bonds is 42. The highest BCUT2D eigenvalue weighted by Crippen LogP contribution is 2.16. The largest absolute Gasteiger partial charge is 0.544 e. The van der Waals surface area contributed by atoms with Gasteiger partial charge in [-0.15, -0.1) is 0 Å². The van der Waals surface area contributed by atoms with Gasteiger partial charge >= 0.3 is 11.9 Å². The van der Waals surface area contributed by atoms with Crippen LogP contribution in [0.25, 0.3) is 0 Å². The topological polar surface area (TPSA) is 157 Å². The molecule has 0 bridgehead atoms. The number of ether oxygens (including phenoxy) is 2. The summed E-state index contributed by atoms with van der Waals surface area (Å²) >= 11 is 0. The van der Waals surface area contributed by atoms with Gasteiger partial charge in [0.15, 0.2) is 18.9 Å². The van der Waals surface area contributed by atoms with Gasteiger partial charge in [-0.05, 0) is 19.3 Å². The van der Waals surface area contributed by atoms with Crippen molar-refractivity contribution in [3.63, 3.8) is 0 Å². The van der Waals surface area contributed by atoms with Crippen molar-refractivity contribution in [2.45, 2.75) is 245 Å². The molecular formula is C49H88N2O8. The predicted molar refractivity (Wildman–Crippen MR) is 237 cm³/mol. The molecule has 59 heavy (non-hydrogen) atoms. The van der Waals surface area contributed by atoms with Crippen LogP contribution in [0.5, 0.6) is 0 Å². The number of esters is 2. The summed E-state index contributed by atoms with van der Waals surface area (Å²) < 4.78 is 12.4. The fourth-order valence-corrected chi connectivity index (χ4v) is 7.45. The number of aliphatic carboxylic acids is 1. The molecule has 1 aromatic rings. The Balaban J connectivity index is 0.0000336. The van der Waals surface area contributed by atoms with Gasteiger partial charge in [-0.3, -0.25) is 9.59 Å². The molecule has 1 atom stereocenters. The summed E-state index contributed by atoms with van der Waals surface area (Å²) in [6.45, 7) is 4.82. The fourth-order valence-electron chi connectivity index (χ4n) is 7.45. The van der Waals surface area contributed by atoms with Crippen molar-refractivity contribution < 1.29 is 43.8 Å². The number of hydrogen-bond acceptors (Lipinski definition) is 7. The SMILES string of the molecule is CCCCCCCCCCCCCCCCCCOC(=O)CCC(NC(=O)c1cc[n+](CC(=O)[O-])cc1)C(=O)OCCCCCCCCCCCCCCCCCC.O. The van der Waals surface area contributed by atoms with Crippen molar-refractivity contribution in [1.82, 2.24) is 5.32 Å². The summed E-state index contributed by atoms with van der Waals surface area (Å²) in [6, 6.07) is 1.94. The Morgan fingerprint density at radius 1 is 0.542 bits per heavy atom. The Morgan fingerprint density at radius 2 is 0.881 bits per heavy atom. The van der Waals surface area contributed by atoms with Crippen LogP contribution >= 0.6 is 0 Å². The zero-order valence-corrected chi connectivity index (χ0v) is 37.9. The average molecular weight is 833 g/mol. The Bertz CT molecular complexity index is 1150. The zero-order chi connectivity index (χ0) is 42.2. The molecule has 0 aromatic carbocycles. The molecule has 0 aliphatic rings. The van der Waals surface area contributed by atoms with Crippen LogP contribution in [0.1, 0.15) is 243 Å². The van der Waals surface area contributed by atoms with Gasteiger partial charge in [-0.1, -0.05) is 206 Å². The summed E-state index contributed by atoms with van der Waals surface area (Å²) in [6.07, 6.45) is 43.6. The third-order valence-corrected chi connectivity index (χ3v) is 11.2. The summed E-state index contributed by atoms with van der Waals surface area (Å²) in [5.41, 5.74) is 0.260. The Kier molecular flexibility index (Phi) is 39.6. The molecule has 3 N–H and O–H groups in total. The minimum Gasteiger partial charge on any atom is -0.544 e. The quantitative estimate of drug-likeness (QED) is 0.0390. The first kappa shape index (κ1) is 56.0. The van der Waals surface area contributed by atoms with Crippen LogP contribution in [0.4, 0.5) is 0 Å². The van der Waals surface area contributed by atoms with Crippen LogP contribution in [-0.2, 0) is 30.4 Å². The molecular weight excluding hydrogens is 745 g/mol. The van der Waals surface area contributed by atoms with Gasteiger partial charge in [0.25, 0.3) is 5.91 Å². The third kappa shape index (κ3) is 35.5. The van der Waals surface area contributed by atoms with E-state index < -0.39 is 29.9 Å². The molecule has 0 fully saturated rings. The Labute approximate surface area is 360 Å². The number of hydrogen-bond donors (Lipinski definition) is 1. The maximum absolute atomic E-state index is 13.1. The minimum atomic E-state index is -1.24. The van der Waals surface area contributed by atoms with Crippen LogP contribution in [-0.4, -0.2) is 48.5 Å². The van der Waals surface area contributed by atoms with Crippen molar-refractivity contribution in [1.29, 1.82) is 0 Å². The monoisotopic (exact) mass is 833 g/mol. The molecule has 1 aromatic heterocycles. The number of unbranched alkanes of at least 4 members (excludes halogenated alkanes) is 30. The molecule has 0 saturated carbocycles. The molecule has 1 heterocycles. The molecule has 342 valence electrons. The summed E-state index contributed by atoms with van der Waals surface area (Å²) in [7, 11) is 0. The molecule has 10 nitrogen and oxygen atoms in total. The van der Waals surface area contributed by atoms with E-state index >= 15 is 0 Å². The van der Waals surface area contributed by atoms with E-state index in [2.05, 4.69) is 19.2 Å². The van der Waals surface area contributed by atoms with Crippen LogP contribution in [0.2, 0.25) is 0 Å². The lowest BCUT2D eigenvalue weighted by Crippen LogP contribution is -2.44. The number of carbonyl (C=O) groups is 4. The van der Waals surface area contributed by atoms with Crippen LogP contribution in [0.3, 0.4) is 0 Å². The smallest absolute Gasteiger partial charge is 0.328 e. The van der Waals surface area contributed by atoms with Gasteiger partial charge in [0, 0.05) is 18.6 Å². The molecule has 1 rings (SSSR count). The highest BCUT2D eigenvalue weighted by Gasteiger charge is 2.25. The van der Waals surface area contributed by atoms with Gasteiger partial charge in [-0.25, -0.2) is 4.79 Å². The number of aromatic nitrogens is 1. The van der Waals surface area contributed by atoms with Gasteiger partial charge in [0.05, 0.1) is 18.8 Å². The van der Waals surface area contributed by atoms with E-state index in [1.807, 2.05) is 0 Å². The van der Waals surface area contributed by atoms with Crippen molar-refractivity contribution in [2.75, 3.05) is 13.2 Å². The maximum Gasteiger partial charge on any atom is 0.328 e. The Hall–Kier alpha value is -3.01. The highest BCUT2D eigenvalue weighted by atomic mass is 16.5. The number of carboxylic acids is 1. The number of amides is 1. The number of pyridine rings is 1. The second-order valence-corrected chi connectivity index (χ2v) is 16.7. The maximum atomic E-state index is 13.1. The second kappa shape index (κ2) is 41.7. The normalized spacial score (nSPS) is 11.5. The van der Waals surface area contributed by atoms with E-state index in [-0.39, 0.29) is 37.0 Å². The minimum absolute atomic E-state index is 0. The van der Waals surface area contributed by atoms with E-state index in [1.165, 1.54) is 196 Å². The second-order valence-electron chi connectivity index (χ2n) is 16.7. The molecule has 0 aliphatic carbocycles. The van der Waals surface area contributed by atoms with Gasteiger partial charge in [0.1, 0.15) is 12.0 Å². The standard InChI is InChI=1S/C49H86N2O7.H2O/c1-3-5-7-9-11-13-15-17-19-21-23-25-27-29-31-33-41-57-47(54)36-35-45(50-48(55)44-37-39-51(40-38-44)43-46(52)53)49(56)58-42-34-32-30-28-26-24-22-20-18-16-14-12-10-8-6-4-2;/h37-40,45H,3-36,41-43H2,1-2H3,(H-,50,52,53,55);1H2. The number of nitrogens with one attached hydrogen (secondary N) is 1. The van der Waals surface area contributed by atoms with E-state index in [4.69, 9.17) is 9.47 Å². The summed E-state index contributed by atoms with van der Waals surface area (Å²) in [5.74, 6) is -2.71. The average Bonchev–Trinajstić information content (AvgIpc) is 3.21. The van der Waals surface area contributed by atoms with E-state index in [0.717, 1.165) is 38.5 Å². The van der Waals surface area contributed by atoms with Crippen molar-refractivity contribution >= 4 is 23.8 Å². The van der Waals surface area contributed by atoms with Crippen LogP contribution in [0.15, 0.2) is 24.5 Å². The first-order chi connectivity index (χ1) is 28.4. The lowest BCUT2D eigenvalue weighted by atomic mass is 10.0. The number of nitrogens with zero attached hydrogens (tertiary/aromatic N) is 1. The molecule has 0 aliphatic heterocycles. The molecule has 10 heteroatoms. The van der Waals surface area contributed by atoms with Crippen molar-refractivity contribution in [2.24, 2.45) is 0 Å². The Morgan fingerprint density at radius 3 is 1.24 bits per heavy atom. The van der Waals surface area contributed by atoms with Crippen molar-refractivity contribution in [3.05, 3.63) is 30.1 Å². The molecule has 1 amide bonds. The van der Waals surface area contributed by atoms with E-state index in [1.54, 1.807) is 0 Å². The molecule has 0 saturated heterocycles. The van der Waals surface area contributed by atoms with Gasteiger partial charge in [-0.2, -0.15) is 4.57 Å². The fraction of sp³-hybridized carbons (Fsp3) is 0.816. The zero-order valence-electron chi connectivity index (χ0n) is 37.9. The van der Waals surface area contributed by atoms with Crippen LogP contribution in [0, 0.1) is 0 Å². The first-order valence-electron chi connectivity index (χ1n) is 24.2. The van der Waals surface area contributed by atoms with Crippen molar-refractivity contribution in [3.8, 4) is 0 Å². The summed E-state index contributed by atoms with van der Waals surface area (Å²) in [5, 5.41) is 13.6. The van der Waals surface area contributed by atoms with Crippen LogP contribution < -0.4 is 15.0 Å². The van der Waals surface area contributed by atoms with E-state index in [0.29, 0.717) is 6.61 Å². The lowest BCUT2D eigenvalue weighted by Gasteiger charge is -2.17. The third-order valence-electron chi connectivity index (χ3n) is 11.2. The molecule has 1 unspecified atom stereocenters. The molecule has 0 radical (unpaired) electrons. The first-order valence-corrected chi connectivity index (χ1v) is 24.2. The van der Waals surface area contributed by atoms with E-state index in [9.17, 15) is 24.3 Å². The molecule has 0 spiro atoms. The lowest BCUT2D eigenvalue weighted by molar-refractivity contribution is -0.690. The van der Waals surface area contributed by atoms with Gasteiger partial charge < -0.3 is 30.2 Å².